The second kappa shape index (κ2) is 8.69. The summed E-state index contributed by atoms with van der Waals surface area (Å²) >= 11 is 0. The zero-order chi connectivity index (χ0) is 15.8. The minimum atomic E-state index is -0.345. The molecular weight excluding hydrogens is 270 g/mol. The summed E-state index contributed by atoms with van der Waals surface area (Å²) < 4.78 is 0. The fraction of sp³-hybridized carbons (Fsp3) is 0.700. The van der Waals surface area contributed by atoms with Gasteiger partial charge in [-0.2, -0.15) is 0 Å². The highest BCUT2D eigenvalue weighted by molar-refractivity contribution is 5.27. The maximum Gasteiger partial charge on any atom is 0.0611 e. The molecule has 1 fully saturated rings. The molecule has 22 heavy (non-hydrogen) atoms. The summed E-state index contributed by atoms with van der Waals surface area (Å²) in [6, 6.07) is 9.13. The van der Waals surface area contributed by atoms with Crippen molar-refractivity contribution in [3.8, 4) is 0 Å². The first-order valence-corrected chi connectivity index (χ1v) is 9.15. The highest BCUT2D eigenvalue weighted by Gasteiger charge is 2.35. The van der Waals surface area contributed by atoms with E-state index in [1.807, 2.05) is 0 Å². The van der Waals surface area contributed by atoms with Gasteiger partial charge in [0.05, 0.1) is 6.61 Å². The Kier molecular flexibility index (Phi) is 6.91. The van der Waals surface area contributed by atoms with E-state index in [-0.39, 0.29) is 12.1 Å². The lowest BCUT2D eigenvalue weighted by Crippen LogP contribution is -2.40. The fourth-order valence-corrected chi connectivity index (χ4v) is 3.65. The van der Waals surface area contributed by atoms with E-state index in [1.165, 1.54) is 56.1 Å². The van der Waals surface area contributed by atoms with Gasteiger partial charge in [-0.15, -0.1) is 0 Å². The van der Waals surface area contributed by atoms with Crippen molar-refractivity contribution in [1.29, 1.82) is 0 Å². The molecule has 3 N–H and O–H groups in total. The quantitative estimate of drug-likeness (QED) is 0.658. The number of aliphatic hydroxyl groups excluding tert-OH is 1. The lowest BCUT2D eigenvalue weighted by atomic mass is 9.92. The molecule has 1 aromatic carbocycles. The number of rotatable bonds is 9. The van der Waals surface area contributed by atoms with Crippen LogP contribution in [0.3, 0.4) is 0 Å². The van der Waals surface area contributed by atoms with Gasteiger partial charge in [-0.3, -0.25) is 0 Å². The van der Waals surface area contributed by atoms with E-state index in [4.69, 9.17) is 5.73 Å². The van der Waals surface area contributed by atoms with Crippen LogP contribution in [0.1, 0.15) is 81.8 Å². The smallest absolute Gasteiger partial charge is 0.0611 e. The van der Waals surface area contributed by atoms with Crippen LogP contribution in [-0.2, 0) is 6.42 Å². The Morgan fingerprint density at radius 3 is 2.41 bits per heavy atom. The average Bonchev–Trinajstić information content (AvgIpc) is 2.94. The summed E-state index contributed by atoms with van der Waals surface area (Å²) in [6.07, 6.45) is 12.3. The van der Waals surface area contributed by atoms with Crippen molar-refractivity contribution >= 4 is 0 Å². The van der Waals surface area contributed by atoms with E-state index in [9.17, 15) is 5.11 Å². The Hall–Kier alpha value is -0.860. The van der Waals surface area contributed by atoms with Crippen LogP contribution >= 0.6 is 0 Å². The molecule has 2 atom stereocenters. The zero-order valence-corrected chi connectivity index (χ0v) is 14.2. The number of hydrogen-bond donors (Lipinski definition) is 2. The minimum Gasteiger partial charge on any atom is -0.394 e. The molecule has 1 saturated carbocycles. The summed E-state index contributed by atoms with van der Waals surface area (Å²) in [6.45, 7) is 2.38. The number of aliphatic hydroxyl groups is 1. The van der Waals surface area contributed by atoms with Crippen LogP contribution in [0.25, 0.3) is 0 Å². The SMILES string of the molecule is CCCCCCCCc1ccc([C@H]2CC[C@](N)(CO)C2)cc1. The molecule has 0 unspecified atom stereocenters. The van der Waals surface area contributed by atoms with Gasteiger partial charge < -0.3 is 10.8 Å². The second-order valence-electron chi connectivity index (χ2n) is 7.22. The number of benzene rings is 1. The van der Waals surface area contributed by atoms with Gasteiger partial charge in [-0.05, 0) is 49.1 Å². The third kappa shape index (κ3) is 5.10. The molecule has 0 radical (unpaired) electrons. The van der Waals surface area contributed by atoms with Crippen molar-refractivity contribution in [2.24, 2.45) is 5.73 Å². The molecule has 0 amide bonds. The van der Waals surface area contributed by atoms with Crippen LogP contribution in [0.15, 0.2) is 24.3 Å². The molecule has 0 saturated heterocycles. The van der Waals surface area contributed by atoms with Crippen molar-refractivity contribution in [2.45, 2.75) is 82.6 Å². The molecule has 0 aliphatic heterocycles. The first kappa shape index (κ1) is 17.5. The molecule has 1 aliphatic carbocycles. The van der Waals surface area contributed by atoms with Crippen molar-refractivity contribution in [3.63, 3.8) is 0 Å². The lowest BCUT2D eigenvalue weighted by molar-refractivity contribution is 0.198. The van der Waals surface area contributed by atoms with Gasteiger partial charge in [-0.25, -0.2) is 0 Å². The fourth-order valence-electron chi connectivity index (χ4n) is 3.65. The van der Waals surface area contributed by atoms with Gasteiger partial charge in [0, 0.05) is 5.54 Å². The third-order valence-corrected chi connectivity index (χ3v) is 5.23. The monoisotopic (exact) mass is 303 g/mol. The van der Waals surface area contributed by atoms with E-state index in [0.29, 0.717) is 5.92 Å². The third-order valence-electron chi connectivity index (χ3n) is 5.23. The largest absolute Gasteiger partial charge is 0.394 e. The summed E-state index contributed by atoms with van der Waals surface area (Å²) in [5.41, 5.74) is 8.69. The molecule has 1 aliphatic rings. The molecule has 0 heterocycles. The number of aryl methyl sites for hydroxylation is 1. The van der Waals surface area contributed by atoms with Crippen molar-refractivity contribution in [1.82, 2.24) is 0 Å². The van der Waals surface area contributed by atoms with Crippen molar-refractivity contribution < 1.29 is 5.11 Å². The molecule has 1 aromatic rings. The Morgan fingerprint density at radius 1 is 1.09 bits per heavy atom. The van der Waals surface area contributed by atoms with Gasteiger partial charge in [0.1, 0.15) is 0 Å². The van der Waals surface area contributed by atoms with Crippen molar-refractivity contribution in [3.05, 3.63) is 35.4 Å². The standard InChI is InChI=1S/C20H33NO/c1-2-3-4-5-6-7-8-17-9-11-18(12-10-17)19-13-14-20(21,15-19)16-22/h9-12,19,22H,2-8,13-16,21H2,1H3/t19-,20+/m0/s1. The van der Waals surface area contributed by atoms with Gasteiger partial charge in [0.15, 0.2) is 0 Å². The van der Waals surface area contributed by atoms with Crippen LogP contribution in [0.4, 0.5) is 0 Å². The maximum absolute atomic E-state index is 9.38. The zero-order valence-electron chi connectivity index (χ0n) is 14.2. The summed E-state index contributed by atoms with van der Waals surface area (Å²) in [5, 5.41) is 9.38. The topological polar surface area (TPSA) is 46.2 Å². The summed E-state index contributed by atoms with van der Waals surface area (Å²) in [4.78, 5) is 0. The molecular formula is C20H33NO. The van der Waals surface area contributed by atoms with E-state index >= 15 is 0 Å². The van der Waals surface area contributed by atoms with E-state index < -0.39 is 0 Å². The van der Waals surface area contributed by atoms with Crippen LogP contribution in [0, 0.1) is 0 Å². The average molecular weight is 303 g/mol. The summed E-state index contributed by atoms with van der Waals surface area (Å²) in [7, 11) is 0. The molecule has 0 bridgehead atoms. The molecule has 0 spiro atoms. The Labute approximate surface area is 136 Å². The van der Waals surface area contributed by atoms with Gasteiger partial charge in [-0.1, -0.05) is 63.3 Å². The van der Waals surface area contributed by atoms with Crippen LogP contribution in [-0.4, -0.2) is 17.3 Å². The highest BCUT2D eigenvalue weighted by Crippen LogP contribution is 2.39. The van der Waals surface area contributed by atoms with Gasteiger partial charge in [0.25, 0.3) is 0 Å². The molecule has 124 valence electrons. The molecule has 2 nitrogen and oxygen atoms in total. The first-order chi connectivity index (χ1) is 10.7. The normalized spacial score (nSPS) is 24.8. The molecule has 2 rings (SSSR count). The minimum absolute atomic E-state index is 0.111. The Balaban J connectivity index is 1.74. The highest BCUT2D eigenvalue weighted by atomic mass is 16.3. The Bertz CT molecular complexity index is 428. The molecule has 2 heteroatoms. The maximum atomic E-state index is 9.38. The van der Waals surface area contributed by atoms with E-state index in [1.54, 1.807) is 0 Å². The van der Waals surface area contributed by atoms with Gasteiger partial charge in [0.2, 0.25) is 0 Å². The first-order valence-electron chi connectivity index (χ1n) is 9.15. The van der Waals surface area contributed by atoms with Gasteiger partial charge >= 0.3 is 0 Å². The van der Waals surface area contributed by atoms with Crippen LogP contribution in [0.2, 0.25) is 0 Å². The van der Waals surface area contributed by atoms with Crippen LogP contribution < -0.4 is 5.73 Å². The van der Waals surface area contributed by atoms with Crippen LogP contribution in [0.5, 0.6) is 0 Å². The van der Waals surface area contributed by atoms with E-state index in [2.05, 4.69) is 31.2 Å². The number of hydrogen-bond acceptors (Lipinski definition) is 2. The number of unbranched alkanes of at least 4 members (excludes halogenated alkanes) is 5. The van der Waals surface area contributed by atoms with Crippen molar-refractivity contribution in [2.75, 3.05) is 6.61 Å². The van der Waals surface area contributed by atoms with E-state index in [0.717, 1.165) is 19.3 Å². The Morgan fingerprint density at radius 2 is 1.77 bits per heavy atom. The predicted molar refractivity (Wildman–Crippen MR) is 94.1 cm³/mol. The summed E-state index contributed by atoms with van der Waals surface area (Å²) in [5.74, 6) is 0.528. The lowest BCUT2D eigenvalue weighted by Gasteiger charge is -2.21. The second-order valence-corrected chi connectivity index (χ2v) is 7.22. The number of nitrogens with two attached hydrogens (primary N) is 1. The molecule has 0 aromatic heterocycles. The predicted octanol–water partition coefficient (Wildman–Crippen LogP) is 4.55.